The third kappa shape index (κ3) is 3.48. The van der Waals surface area contributed by atoms with Crippen molar-refractivity contribution in [3.63, 3.8) is 0 Å². The minimum atomic E-state index is -0.0673. The van der Waals surface area contributed by atoms with Gasteiger partial charge in [-0.25, -0.2) is 0 Å². The second-order valence-electron chi connectivity index (χ2n) is 5.81. The number of aryl methyl sites for hydroxylation is 2. The van der Waals surface area contributed by atoms with E-state index in [1.165, 1.54) is 16.7 Å². The molecule has 22 heavy (non-hydrogen) atoms. The highest BCUT2D eigenvalue weighted by atomic mass is 16.5. The number of hydrogen-bond acceptors (Lipinski definition) is 2. The Bertz CT molecular complexity index is 649. The topological polar surface area (TPSA) is 38.3 Å². The van der Waals surface area contributed by atoms with Crippen LogP contribution in [0, 0.1) is 6.92 Å². The van der Waals surface area contributed by atoms with Crippen LogP contribution < -0.4 is 10.1 Å². The van der Waals surface area contributed by atoms with Gasteiger partial charge >= 0.3 is 0 Å². The number of ether oxygens (including phenoxy) is 1. The van der Waals surface area contributed by atoms with E-state index < -0.39 is 0 Å². The van der Waals surface area contributed by atoms with Crippen molar-refractivity contribution >= 4 is 5.91 Å². The third-order valence-electron chi connectivity index (χ3n) is 4.10. The van der Waals surface area contributed by atoms with Crippen LogP contribution in [-0.2, 0) is 11.2 Å². The summed E-state index contributed by atoms with van der Waals surface area (Å²) in [6.45, 7) is 2.08. The molecule has 3 rings (SSSR count). The molecule has 0 spiro atoms. The zero-order chi connectivity index (χ0) is 15.4. The summed E-state index contributed by atoms with van der Waals surface area (Å²) in [5.41, 5.74) is 3.77. The Labute approximate surface area is 131 Å². The maximum absolute atomic E-state index is 12.1. The normalized spacial score (nSPS) is 16.7. The highest BCUT2D eigenvalue weighted by molar-refractivity contribution is 5.78. The van der Waals surface area contributed by atoms with Gasteiger partial charge in [-0.15, -0.1) is 0 Å². The Morgan fingerprint density at radius 3 is 2.77 bits per heavy atom. The Hall–Kier alpha value is -2.29. The highest BCUT2D eigenvalue weighted by Crippen LogP contribution is 2.29. The van der Waals surface area contributed by atoms with Gasteiger partial charge in [0.2, 0.25) is 0 Å². The van der Waals surface area contributed by atoms with E-state index in [4.69, 9.17) is 4.74 Å². The molecule has 0 saturated heterocycles. The lowest BCUT2D eigenvalue weighted by atomic mass is 9.88. The first-order valence-corrected chi connectivity index (χ1v) is 7.79. The first kappa shape index (κ1) is 14.6. The quantitative estimate of drug-likeness (QED) is 0.936. The summed E-state index contributed by atoms with van der Waals surface area (Å²) in [5, 5.41) is 3.09. The van der Waals surface area contributed by atoms with Crippen LogP contribution in [-0.4, -0.2) is 12.5 Å². The number of hydrogen-bond donors (Lipinski definition) is 1. The van der Waals surface area contributed by atoms with Gasteiger partial charge in [0, 0.05) is 0 Å². The number of amides is 1. The molecule has 0 saturated carbocycles. The number of carbonyl (C=O) groups is 1. The molecule has 114 valence electrons. The zero-order valence-corrected chi connectivity index (χ0v) is 12.8. The minimum Gasteiger partial charge on any atom is -0.484 e. The van der Waals surface area contributed by atoms with E-state index in [0.29, 0.717) is 0 Å². The molecular formula is C19H21NO2. The van der Waals surface area contributed by atoms with Crippen LogP contribution in [0.1, 0.15) is 35.6 Å². The van der Waals surface area contributed by atoms with Crippen LogP contribution in [0.5, 0.6) is 5.75 Å². The molecule has 1 atom stereocenters. The molecule has 1 N–H and O–H groups in total. The maximum Gasteiger partial charge on any atom is 0.258 e. The molecule has 1 aliphatic carbocycles. The van der Waals surface area contributed by atoms with Gasteiger partial charge in [-0.2, -0.15) is 0 Å². The van der Waals surface area contributed by atoms with E-state index in [1.807, 2.05) is 37.3 Å². The van der Waals surface area contributed by atoms with E-state index in [-0.39, 0.29) is 18.6 Å². The summed E-state index contributed by atoms with van der Waals surface area (Å²) in [4.78, 5) is 12.1. The average molecular weight is 295 g/mol. The molecule has 0 radical (unpaired) electrons. The van der Waals surface area contributed by atoms with Gasteiger partial charge in [-0.05, 0) is 49.4 Å². The van der Waals surface area contributed by atoms with Crippen molar-refractivity contribution in [2.24, 2.45) is 0 Å². The Balaban J connectivity index is 1.57. The number of fused-ring (bicyclic) bond motifs is 1. The van der Waals surface area contributed by atoms with Gasteiger partial charge in [0.1, 0.15) is 5.75 Å². The van der Waals surface area contributed by atoms with E-state index in [1.54, 1.807) is 0 Å². The van der Waals surface area contributed by atoms with Crippen LogP contribution in [0.25, 0.3) is 0 Å². The fraction of sp³-hybridized carbons (Fsp3) is 0.316. The van der Waals surface area contributed by atoms with Crippen LogP contribution >= 0.6 is 0 Å². The summed E-state index contributed by atoms with van der Waals surface area (Å²) in [5.74, 6) is 0.659. The van der Waals surface area contributed by atoms with Crippen molar-refractivity contribution in [2.75, 3.05) is 6.61 Å². The van der Waals surface area contributed by atoms with Gasteiger partial charge in [0.15, 0.2) is 6.61 Å². The lowest BCUT2D eigenvalue weighted by Crippen LogP contribution is -2.34. The largest absolute Gasteiger partial charge is 0.484 e. The molecule has 0 aliphatic heterocycles. The second kappa shape index (κ2) is 6.65. The minimum absolute atomic E-state index is 0.0573. The van der Waals surface area contributed by atoms with Crippen LogP contribution in [0.3, 0.4) is 0 Å². The fourth-order valence-electron chi connectivity index (χ4n) is 2.92. The maximum atomic E-state index is 12.1. The van der Waals surface area contributed by atoms with Crippen LogP contribution in [0.4, 0.5) is 0 Å². The van der Waals surface area contributed by atoms with E-state index >= 15 is 0 Å². The summed E-state index contributed by atoms with van der Waals surface area (Å²) in [6.07, 6.45) is 3.20. The molecule has 0 aromatic heterocycles. The Kier molecular flexibility index (Phi) is 4.42. The number of nitrogens with one attached hydrogen (secondary N) is 1. The van der Waals surface area contributed by atoms with Gasteiger partial charge < -0.3 is 10.1 Å². The summed E-state index contributed by atoms with van der Waals surface area (Å²) >= 11 is 0. The van der Waals surface area contributed by atoms with Gasteiger partial charge in [0.25, 0.3) is 5.91 Å². The van der Waals surface area contributed by atoms with E-state index in [0.717, 1.165) is 25.0 Å². The molecule has 0 fully saturated rings. The Morgan fingerprint density at radius 1 is 1.18 bits per heavy atom. The van der Waals surface area contributed by atoms with E-state index in [2.05, 4.69) is 23.5 Å². The summed E-state index contributed by atoms with van der Waals surface area (Å²) in [7, 11) is 0. The first-order chi connectivity index (χ1) is 10.7. The van der Waals surface area contributed by atoms with Crippen molar-refractivity contribution in [1.29, 1.82) is 0 Å². The zero-order valence-electron chi connectivity index (χ0n) is 12.8. The predicted molar refractivity (Wildman–Crippen MR) is 86.9 cm³/mol. The molecule has 0 bridgehead atoms. The summed E-state index contributed by atoms with van der Waals surface area (Å²) < 4.78 is 5.54. The van der Waals surface area contributed by atoms with Gasteiger partial charge in [-0.1, -0.05) is 42.0 Å². The molecule has 3 heteroatoms. The van der Waals surface area contributed by atoms with Gasteiger partial charge in [0.05, 0.1) is 6.04 Å². The molecular weight excluding hydrogens is 274 g/mol. The molecule has 0 heterocycles. The Morgan fingerprint density at radius 2 is 1.95 bits per heavy atom. The summed E-state index contributed by atoms with van der Waals surface area (Å²) in [6, 6.07) is 16.2. The molecule has 2 aromatic rings. The first-order valence-electron chi connectivity index (χ1n) is 7.79. The SMILES string of the molecule is Cc1ccc(OCC(=O)NC2CCCc3ccccc32)cc1. The van der Waals surface area contributed by atoms with Crippen molar-refractivity contribution in [1.82, 2.24) is 5.32 Å². The highest BCUT2D eigenvalue weighted by Gasteiger charge is 2.21. The monoisotopic (exact) mass is 295 g/mol. The molecule has 1 unspecified atom stereocenters. The average Bonchev–Trinajstić information content (AvgIpc) is 2.55. The lowest BCUT2D eigenvalue weighted by molar-refractivity contribution is -0.123. The van der Waals surface area contributed by atoms with Crippen molar-refractivity contribution in [3.8, 4) is 5.75 Å². The van der Waals surface area contributed by atoms with Crippen molar-refractivity contribution in [2.45, 2.75) is 32.2 Å². The fourth-order valence-corrected chi connectivity index (χ4v) is 2.92. The molecule has 1 aliphatic rings. The van der Waals surface area contributed by atoms with Crippen LogP contribution in [0.15, 0.2) is 48.5 Å². The van der Waals surface area contributed by atoms with E-state index in [9.17, 15) is 4.79 Å². The van der Waals surface area contributed by atoms with Gasteiger partial charge in [-0.3, -0.25) is 4.79 Å². The van der Waals surface area contributed by atoms with Crippen LogP contribution in [0.2, 0.25) is 0 Å². The lowest BCUT2D eigenvalue weighted by Gasteiger charge is -2.26. The predicted octanol–water partition coefficient (Wildman–Crippen LogP) is 3.57. The molecule has 1 amide bonds. The van der Waals surface area contributed by atoms with Crippen molar-refractivity contribution in [3.05, 3.63) is 65.2 Å². The number of rotatable bonds is 4. The molecule has 2 aromatic carbocycles. The second-order valence-corrected chi connectivity index (χ2v) is 5.81. The number of benzene rings is 2. The third-order valence-corrected chi connectivity index (χ3v) is 4.10. The molecule has 3 nitrogen and oxygen atoms in total. The standard InChI is InChI=1S/C19H21NO2/c1-14-9-11-16(12-10-14)22-13-19(21)20-18-8-4-6-15-5-2-3-7-17(15)18/h2-3,5,7,9-12,18H,4,6,8,13H2,1H3,(H,20,21). The number of carbonyl (C=O) groups excluding carboxylic acids is 1. The van der Waals surface area contributed by atoms with Crippen molar-refractivity contribution < 1.29 is 9.53 Å². The smallest absolute Gasteiger partial charge is 0.258 e.